The van der Waals surface area contributed by atoms with Crippen molar-refractivity contribution in [1.82, 2.24) is 14.8 Å². The molecular formula is C28H17F6N5O2. The third kappa shape index (κ3) is 6.46. The van der Waals surface area contributed by atoms with Gasteiger partial charge >= 0.3 is 12.4 Å². The van der Waals surface area contributed by atoms with Crippen LogP contribution in [0.1, 0.15) is 0 Å². The van der Waals surface area contributed by atoms with Crippen LogP contribution in [0.25, 0.3) is 28.2 Å². The molecule has 0 radical (unpaired) electrons. The highest BCUT2D eigenvalue weighted by atomic mass is 19.4. The summed E-state index contributed by atoms with van der Waals surface area (Å²) >= 11 is 0. The topological polar surface area (TPSA) is 81.1 Å². The second-order valence-electron chi connectivity index (χ2n) is 8.51. The fourth-order valence-corrected chi connectivity index (χ4v) is 3.86. The van der Waals surface area contributed by atoms with Crippen molar-refractivity contribution in [2.24, 2.45) is 0 Å². The van der Waals surface area contributed by atoms with E-state index in [-0.39, 0.29) is 22.6 Å². The molecule has 0 aliphatic heterocycles. The normalized spacial score (nSPS) is 11.3. The van der Waals surface area contributed by atoms with Gasteiger partial charge in [0, 0.05) is 16.8 Å². The van der Waals surface area contributed by atoms with Gasteiger partial charge in [0.1, 0.15) is 12.1 Å². The summed E-state index contributed by atoms with van der Waals surface area (Å²) < 4.78 is 83.2. The van der Waals surface area contributed by atoms with E-state index in [1.165, 1.54) is 35.3 Å². The van der Waals surface area contributed by atoms with Gasteiger partial charge in [-0.15, -0.1) is 18.3 Å². The molecule has 5 rings (SSSR count). The molecule has 4 aromatic carbocycles. The number of carbonyl (C=O) groups excluding carboxylic acids is 1. The molecule has 0 atom stereocenters. The van der Waals surface area contributed by atoms with E-state index in [1.54, 1.807) is 36.4 Å². The number of ether oxygens (including phenoxy) is 1. The van der Waals surface area contributed by atoms with Crippen molar-refractivity contribution >= 4 is 17.4 Å². The molecule has 0 fully saturated rings. The maximum absolute atomic E-state index is 13.8. The van der Waals surface area contributed by atoms with Crippen LogP contribution in [0.3, 0.4) is 0 Å². The maximum Gasteiger partial charge on any atom is 0.573 e. The zero-order valence-corrected chi connectivity index (χ0v) is 20.6. The van der Waals surface area contributed by atoms with Crippen molar-refractivity contribution in [3.8, 4) is 34.0 Å². The lowest BCUT2D eigenvalue weighted by atomic mass is 10.0. The molecular weight excluding hydrogens is 552 g/mol. The monoisotopic (exact) mass is 569 g/mol. The number of hydrogen-bond donors (Lipinski definition) is 2. The SMILES string of the molecule is O=C(Nc1ccc(-c2ncn(-c3ccc(OC(F)(F)F)cc3)n2)cc1)Nc1ccccc1-c1cc(F)c(F)c(F)c1. The highest BCUT2D eigenvalue weighted by Gasteiger charge is 2.31. The van der Waals surface area contributed by atoms with Crippen molar-refractivity contribution in [3.63, 3.8) is 0 Å². The molecule has 5 aromatic rings. The van der Waals surface area contributed by atoms with E-state index in [0.717, 1.165) is 24.3 Å². The van der Waals surface area contributed by atoms with E-state index in [9.17, 15) is 31.1 Å². The molecule has 208 valence electrons. The van der Waals surface area contributed by atoms with E-state index in [2.05, 4.69) is 25.5 Å². The van der Waals surface area contributed by atoms with Gasteiger partial charge in [0.25, 0.3) is 0 Å². The summed E-state index contributed by atoms with van der Waals surface area (Å²) in [6, 6.07) is 18.9. The van der Waals surface area contributed by atoms with Crippen LogP contribution in [0.2, 0.25) is 0 Å². The largest absolute Gasteiger partial charge is 0.573 e. The minimum atomic E-state index is -4.79. The molecule has 0 saturated heterocycles. The minimum absolute atomic E-state index is 0.0409. The number of para-hydroxylation sites is 1. The van der Waals surface area contributed by atoms with Crippen LogP contribution in [0.5, 0.6) is 5.75 Å². The van der Waals surface area contributed by atoms with E-state index < -0.39 is 29.8 Å². The van der Waals surface area contributed by atoms with Gasteiger partial charge < -0.3 is 15.4 Å². The average molecular weight is 569 g/mol. The van der Waals surface area contributed by atoms with Gasteiger partial charge in [-0.2, -0.15) is 0 Å². The average Bonchev–Trinajstić information content (AvgIpc) is 3.42. The second kappa shape index (κ2) is 11.0. The van der Waals surface area contributed by atoms with Crippen molar-refractivity contribution in [3.05, 3.63) is 109 Å². The lowest BCUT2D eigenvalue weighted by Gasteiger charge is -2.13. The number of urea groups is 1. The molecule has 1 heterocycles. The maximum atomic E-state index is 13.8. The molecule has 0 spiro atoms. The minimum Gasteiger partial charge on any atom is -0.406 e. The van der Waals surface area contributed by atoms with Gasteiger partial charge in [0.05, 0.1) is 11.4 Å². The molecule has 41 heavy (non-hydrogen) atoms. The Balaban J connectivity index is 1.25. The lowest BCUT2D eigenvalue weighted by Crippen LogP contribution is -2.19. The van der Waals surface area contributed by atoms with Crippen molar-refractivity contribution < 1.29 is 35.9 Å². The second-order valence-corrected chi connectivity index (χ2v) is 8.51. The number of hydrogen-bond acceptors (Lipinski definition) is 4. The summed E-state index contributed by atoms with van der Waals surface area (Å²) in [5, 5.41) is 9.57. The number of benzene rings is 4. The predicted molar refractivity (Wildman–Crippen MR) is 138 cm³/mol. The van der Waals surface area contributed by atoms with Gasteiger partial charge in [-0.3, -0.25) is 0 Å². The van der Waals surface area contributed by atoms with E-state index in [4.69, 9.17) is 0 Å². The zero-order valence-electron chi connectivity index (χ0n) is 20.6. The van der Waals surface area contributed by atoms with Crippen LogP contribution < -0.4 is 15.4 Å². The Morgan fingerprint density at radius 1 is 0.805 bits per heavy atom. The molecule has 0 saturated carbocycles. The van der Waals surface area contributed by atoms with Crippen molar-refractivity contribution in [2.75, 3.05) is 10.6 Å². The van der Waals surface area contributed by atoms with Gasteiger partial charge in [-0.05, 0) is 72.3 Å². The van der Waals surface area contributed by atoms with Crippen LogP contribution in [-0.4, -0.2) is 27.2 Å². The molecule has 0 aliphatic rings. The number of amides is 2. The first-order valence-electron chi connectivity index (χ1n) is 11.8. The Bertz CT molecular complexity index is 1680. The van der Waals surface area contributed by atoms with E-state index >= 15 is 0 Å². The van der Waals surface area contributed by atoms with Crippen LogP contribution in [0.15, 0.2) is 91.3 Å². The third-order valence-corrected chi connectivity index (χ3v) is 5.70. The Kier molecular flexibility index (Phi) is 7.34. The molecule has 7 nitrogen and oxygen atoms in total. The Hall–Kier alpha value is -5.33. The molecule has 0 bridgehead atoms. The first kappa shape index (κ1) is 27.2. The van der Waals surface area contributed by atoms with Gasteiger partial charge in [-0.25, -0.2) is 27.6 Å². The number of rotatable bonds is 6. The standard InChI is InChI=1S/C28H17F6N5O2/c29-22-13-17(14-23(30)25(22)31)21-3-1-2-4-24(21)37-27(40)36-18-7-5-16(6-8-18)26-35-15-39(38-26)19-9-11-20(12-10-19)41-28(32,33)34/h1-15H,(H2,36,37,40). The third-order valence-electron chi connectivity index (χ3n) is 5.70. The summed E-state index contributed by atoms with van der Waals surface area (Å²) in [6.45, 7) is 0. The summed E-state index contributed by atoms with van der Waals surface area (Å²) in [5.41, 5.74) is 2.01. The lowest BCUT2D eigenvalue weighted by molar-refractivity contribution is -0.274. The quantitative estimate of drug-likeness (QED) is 0.163. The highest BCUT2D eigenvalue weighted by molar-refractivity contribution is 6.02. The highest BCUT2D eigenvalue weighted by Crippen LogP contribution is 2.30. The number of halogens is 6. The first-order chi connectivity index (χ1) is 19.6. The van der Waals surface area contributed by atoms with Crippen LogP contribution in [0.4, 0.5) is 42.5 Å². The number of anilines is 2. The number of carbonyl (C=O) groups is 1. The Morgan fingerprint density at radius 3 is 2.12 bits per heavy atom. The number of aromatic nitrogens is 3. The predicted octanol–water partition coefficient (Wildman–Crippen LogP) is 7.56. The van der Waals surface area contributed by atoms with Crippen molar-refractivity contribution in [2.45, 2.75) is 6.36 Å². The number of nitrogens with zero attached hydrogens (tertiary/aromatic N) is 3. The van der Waals surface area contributed by atoms with Crippen LogP contribution >= 0.6 is 0 Å². The molecule has 1 aromatic heterocycles. The van der Waals surface area contributed by atoms with Gasteiger partial charge in [0.15, 0.2) is 23.3 Å². The number of nitrogens with one attached hydrogen (secondary N) is 2. The molecule has 0 aliphatic carbocycles. The summed E-state index contributed by atoms with van der Waals surface area (Å²) in [6.07, 6.45) is -3.40. The van der Waals surface area contributed by atoms with Crippen LogP contribution in [0, 0.1) is 17.5 Å². The Morgan fingerprint density at radius 2 is 1.46 bits per heavy atom. The molecule has 0 unspecified atom stereocenters. The molecule has 2 N–H and O–H groups in total. The van der Waals surface area contributed by atoms with Gasteiger partial charge in [0.2, 0.25) is 0 Å². The smallest absolute Gasteiger partial charge is 0.406 e. The zero-order chi connectivity index (χ0) is 29.1. The van der Waals surface area contributed by atoms with Crippen LogP contribution in [-0.2, 0) is 0 Å². The van der Waals surface area contributed by atoms with Gasteiger partial charge in [-0.1, -0.05) is 18.2 Å². The summed E-state index contributed by atoms with van der Waals surface area (Å²) in [5.74, 6) is -4.34. The number of alkyl halides is 3. The fourth-order valence-electron chi connectivity index (χ4n) is 3.86. The van der Waals surface area contributed by atoms with E-state index in [0.29, 0.717) is 22.8 Å². The fraction of sp³-hybridized carbons (Fsp3) is 0.0357. The first-order valence-corrected chi connectivity index (χ1v) is 11.8. The Labute approximate surface area is 228 Å². The summed E-state index contributed by atoms with van der Waals surface area (Å²) in [4.78, 5) is 16.9. The van der Waals surface area contributed by atoms with E-state index in [1.807, 2.05) is 0 Å². The molecule has 13 heteroatoms. The molecule has 2 amide bonds. The summed E-state index contributed by atoms with van der Waals surface area (Å²) in [7, 11) is 0. The van der Waals surface area contributed by atoms with Crippen molar-refractivity contribution in [1.29, 1.82) is 0 Å².